The lowest BCUT2D eigenvalue weighted by Gasteiger charge is -2.26. The van der Waals surface area contributed by atoms with Gasteiger partial charge in [-0.05, 0) is 56.3 Å². The number of halogens is 1. The molecule has 0 aromatic heterocycles. The second kappa shape index (κ2) is 11.8. The minimum atomic E-state index is 0. The molecule has 3 rings (SSSR count). The molecule has 1 amide bonds. The summed E-state index contributed by atoms with van der Waals surface area (Å²) in [6, 6.07) is 21.2. The van der Waals surface area contributed by atoms with Gasteiger partial charge in [0.2, 0.25) is 5.91 Å². The molecule has 2 aromatic carbocycles. The molecule has 1 unspecified atom stereocenters. The van der Waals surface area contributed by atoms with Gasteiger partial charge >= 0.3 is 0 Å². The Morgan fingerprint density at radius 3 is 2.26 bits per heavy atom. The zero-order valence-corrected chi connectivity index (χ0v) is 16.7. The van der Waals surface area contributed by atoms with Crippen LogP contribution in [0.3, 0.4) is 0 Å². The first-order chi connectivity index (χ1) is 12.8. The zero-order valence-electron chi connectivity index (χ0n) is 15.9. The number of aryl methyl sites for hydroxylation is 1. The number of nitrogens with one attached hydrogen (secondary N) is 2. The summed E-state index contributed by atoms with van der Waals surface area (Å²) in [5, 5.41) is 6.67. The molecular weight excluding hydrogens is 356 g/mol. The van der Waals surface area contributed by atoms with Crippen molar-refractivity contribution in [1.82, 2.24) is 10.6 Å². The predicted molar refractivity (Wildman–Crippen MR) is 114 cm³/mol. The Kier molecular flexibility index (Phi) is 9.37. The summed E-state index contributed by atoms with van der Waals surface area (Å²) in [6.07, 6.45) is 6.25. The van der Waals surface area contributed by atoms with Crippen LogP contribution >= 0.6 is 12.4 Å². The Bertz CT molecular complexity index is 657. The Balaban J connectivity index is 0.00000261. The molecule has 1 heterocycles. The molecule has 1 saturated heterocycles. The van der Waals surface area contributed by atoms with Crippen LogP contribution in [0, 0.1) is 5.92 Å². The molecule has 1 aliphatic heterocycles. The Hall–Kier alpha value is -1.84. The smallest absolute Gasteiger partial charge is 0.223 e. The van der Waals surface area contributed by atoms with Crippen molar-refractivity contribution in [2.24, 2.45) is 5.92 Å². The van der Waals surface area contributed by atoms with Gasteiger partial charge in [-0.1, -0.05) is 67.1 Å². The molecule has 27 heavy (non-hydrogen) atoms. The lowest BCUT2D eigenvalue weighted by molar-refractivity contribution is -0.126. The molecule has 0 aliphatic carbocycles. The van der Waals surface area contributed by atoms with Gasteiger partial charge in [0, 0.05) is 5.92 Å². The number of unbranched alkanes of at least 4 members (excludes halogenated alkanes) is 1. The van der Waals surface area contributed by atoms with Crippen molar-refractivity contribution in [1.29, 1.82) is 0 Å². The third-order valence-corrected chi connectivity index (χ3v) is 5.28. The number of rotatable bonds is 8. The second-order valence-electron chi connectivity index (χ2n) is 7.23. The molecule has 0 spiro atoms. The highest BCUT2D eigenvalue weighted by atomic mass is 35.5. The summed E-state index contributed by atoms with van der Waals surface area (Å²) in [7, 11) is 0. The average molecular weight is 387 g/mol. The van der Waals surface area contributed by atoms with Crippen LogP contribution in [-0.2, 0) is 11.2 Å². The molecule has 4 heteroatoms. The fraction of sp³-hybridized carbons (Fsp3) is 0.435. The third kappa shape index (κ3) is 7.00. The highest BCUT2D eigenvalue weighted by Gasteiger charge is 2.23. The number of benzene rings is 2. The average Bonchev–Trinajstić information content (AvgIpc) is 2.72. The minimum absolute atomic E-state index is 0. The third-order valence-electron chi connectivity index (χ3n) is 5.28. The van der Waals surface area contributed by atoms with Crippen LogP contribution in [0.2, 0.25) is 0 Å². The summed E-state index contributed by atoms with van der Waals surface area (Å²) >= 11 is 0. The molecule has 1 fully saturated rings. The largest absolute Gasteiger partial charge is 0.349 e. The molecule has 146 valence electrons. The van der Waals surface area contributed by atoms with Crippen LogP contribution < -0.4 is 10.6 Å². The van der Waals surface area contributed by atoms with Gasteiger partial charge in [-0.3, -0.25) is 4.79 Å². The van der Waals surface area contributed by atoms with Crippen LogP contribution in [0.25, 0.3) is 0 Å². The lowest BCUT2D eigenvalue weighted by Crippen LogP contribution is -2.39. The van der Waals surface area contributed by atoms with E-state index in [4.69, 9.17) is 0 Å². The fourth-order valence-electron chi connectivity index (χ4n) is 3.70. The van der Waals surface area contributed by atoms with Crippen molar-refractivity contribution >= 4 is 18.3 Å². The summed E-state index contributed by atoms with van der Waals surface area (Å²) in [6.45, 7) is 1.90. The van der Waals surface area contributed by atoms with E-state index in [0.717, 1.165) is 51.6 Å². The predicted octanol–water partition coefficient (Wildman–Crippen LogP) is 4.68. The maximum absolute atomic E-state index is 12.7. The van der Waals surface area contributed by atoms with Gasteiger partial charge in [-0.25, -0.2) is 0 Å². The van der Waals surface area contributed by atoms with Gasteiger partial charge in [0.1, 0.15) is 0 Å². The van der Waals surface area contributed by atoms with Gasteiger partial charge in [-0.2, -0.15) is 0 Å². The van der Waals surface area contributed by atoms with E-state index in [9.17, 15) is 4.79 Å². The van der Waals surface area contributed by atoms with Crippen LogP contribution in [0.1, 0.15) is 49.3 Å². The highest BCUT2D eigenvalue weighted by molar-refractivity contribution is 5.85. The molecule has 2 N–H and O–H groups in total. The Morgan fingerprint density at radius 1 is 0.963 bits per heavy atom. The normalized spacial score (nSPS) is 15.6. The van der Waals surface area contributed by atoms with E-state index < -0.39 is 0 Å². The number of amides is 1. The van der Waals surface area contributed by atoms with Crippen molar-refractivity contribution in [3.63, 3.8) is 0 Å². The standard InChI is InChI=1S/C23H30N2O.ClH/c26-23(21-15-17-24-18-16-21)25-22(20-12-5-2-6-13-20)14-8-7-11-19-9-3-1-4-10-19;/h1-6,9-10,12-13,21-22,24H,7-8,11,14-18H2,(H,25,26);1H. The van der Waals surface area contributed by atoms with Gasteiger partial charge in [0.25, 0.3) is 0 Å². The van der Waals surface area contributed by atoms with Crippen LogP contribution in [0.4, 0.5) is 0 Å². The van der Waals surface area contributed by atoms with Crippen molar-refractivity contribution < 1.29 is 4.79 Å². The molecule has 0 saturated carbocycles. The van der Waals surface area contributed by atoms with E-state index >= 15 is 0 Å². The summed E-state index contributed by atoms with van der Waals surface area (Å²) in [5.74, 6) is 0.384. The van der Waals surface area contributed by atoms with E-state index in [-0.39, 0.29) is 30.3 Å². The maximum atomic E-state index is 12.7. The van der Waals surface area contributed by atoms with Gasteiger partial charge < -0.3 is 10.6 Å². The van der Waals surface area contributed by atoms with Gasteiger partial charge in [0.15, 0.2) is 0 Å². The van der Waals surface area contributed by atoms with E-state index in [1.807, 2.05) is 6.07 Å². The zero-order chi connectivity index (χ0) is 18.0. The molecule has 0 bridgehead atoms. The van der Waals surface area contributed by atoms with Gasteiger partial charge in [0.05, 0.1) is 6.04 Å². The number of carbonyl (C=O) groups is 1. The molecule has 0 radical (unpaired) electrons. The monoisotopic (exact) mass is 386 g/mol. The minimum Gasteiger partial charge on any atom is -0.349 e. The summed E-state index contributed by atoms with van der Waals surface area (Å²) < 4.78 is 0. The highest BCUT2D eigenvalue weighted by Crippen LogP contribution is 2.22. The number of hydrogen-bond donors (Lipinski definition) is 2. The van der Waals surface area contributed by atoms with Crippen LogP contribution in [0.15, 0.2) is 60.7 Å². The van der Waals surface area contributed by atoms with Gasteiger partial charge in [-0.15, -0.1) is 12.4 Å². The number of carbonyl (C=O) groups excluding carboxylic acids is 1. The first-order valence-electron chi connectivity index (χ1n) is 9.93. The van der Waals surface area contributed by atoms with E-state index in [1.54, 1.807) is 0 Å². The molecule has 3 nitrogen and oxygen atoms in total. The SMILES string of the molecule is Cl.O=C(NC(CCCCc1ccccc1)c1ccccc1)C1CCNCC1. The van der Waals surface area contributed by atoms with E-state index in [2.05, 4.69) is 65.2 Å². The van der Waals surface area contributed by atoms with E-state index in [1.165, 1.54) is 11.1 Å². The van der Waals surface area contributed by atoms with E-state index in [0.29, 0.717) is 0 Å². The second-order valence-corrected chi connectivity index (χ2v) is 7.23. The molecule has 1 aliphatic rings. The topological polar surface area (TPSA) is 41.1 Å². The van der Waals surface area contributed by atoms with Crippen LogP contribution in [-0.4, -0.2) is 19.0 Å². The van der Waals surface area contributed by atoms with Crippen molar-refractivity contribution in [3.05, 3.63) is 71.8 Å². The molecular formula is C23H31ClN2O. The number of piperidine rings is 1. The number of hydrogen-bond acceptors (Lipinski definition) is 2. The maximum Gasteiger partial charge on any atom is 0.223 e. The van der Waals surface area contributed by atoms with Crippen molar-refractivity contribution in [3.8, 4) is 0 Å². The molecule has 2 aromatic rings. The first-order valence-corrected chi connectivity index (χ1v) is 9.93. The van der Waals surface area contributed by atoms with Crippen molar-refractivity contribution in [2.75, 3.05) is 13.1 Å². The quantitative estimate of drug-likeness (QED) is 0.647. The fourth-order valence-corrected chi connectivity index (χ4v) is 3.70. The van der Waals surface area contributed by atoms with Crippen molar-refractivity contribution in [2.45, 2.75) is 44.6 Å². The molecule has 1 atom stereocenters. The summed E-state index contributed by atoms with van der Waals surface area (Å²) in [5.41, 5.74) is 2.61. The first kappa shape index (κ1) is 21.5. The lowest BCUT2D eigenvalue weighted by atomic mass is 9.94. The Morgan fingerprint density at radius 2 is 1.59 bits per heavy atom. The Labute approximate surface area is 169 Å². The van der Waals surface area contributed by atoms with Crippen LogP contribution in [0.5, 0.6) is 0 Å². The summed E-state index contributed by atoms with van der Waals surface area (Å²) in [4.78, 5) is 12.7.